The molecule has 0 radical (unpaired) electrons. The number of halogens is 2. The average Bonchev–Trinajstić information content (AvgIpc) is 2.53. The molecule has 0 saturated carbocycles. The maximum absolute atomic E-state index is 6.16. The van der Waals surface area contributed by atoms with Gasteiger partial charge >= 0.3 is 0 Å². The van der Waals surface area contributed by atoms with Crippen molar-refractivity contribution in [1.29, 1.82) is 0 Å². The van der Waals surface area contributed by atoms with E-state index >= 15 is 0 Å². The third-order valence-corrected chi connectivity index (χ3v) is 3.21. The van der Waals surface area contributed by atoms with Crippen LogP contribution in [0.1, 0.15) is 16.7 Å². The Bertz CT molecular complexity index is 661. The SMILES string of the molecule is C=Cc1ccccc1/C(Cl)=N/N=C(\Cl)c1ccccc1. The number of nitrogens with zero attached hydrogens (tertiary/aromatic N) is 2. The number of hydrogen-bond acceptors (Lipinski definition) is 2. The smallest absolute Gasteiger partial charge is 0.136 e. The second-order valence-electron chi connectivity index (χ2n) is 3.94. The van der Waals surface area contributed by atoms with E-state index in [0.717, 1.165) is 16.7 Å². The molecule has 0 spiro atoms. The minimum atomic E-state index is 0.273. The van der Waals surface area contributed by atoms with Crippen LogP contribution >= 0.6 is 23.2 Å². The molecule has 2 nitrogen and oxygen atoms in total. The molecular formula is C16H12Cl2N2. The van der Waals surface area contributed by atoms with Crippen LogP contribution < -0.4 is 0 Å². The first-order chi connectivity index (χ1) is 9.72. The zero-order chi connectivity index (χ0) is 14.4. The second-order valence-corrected chi connectivity index (χ2v) is 4.66. The first-order valence-corrected chi connectivity index (χ1v) is 6.72. The molecule has 2 rings (SSSR count). The van der Waals surface area contributed by atoms with Gasteiger partial charge in [-0.2, -0.15) is 0 Å². The fourth-order valence-corrected chi connectivity index (χ4v) is 2.01. The molecule has 0 aliphatic heterocycles. The summed E-state index contributed by atoms with van der Waals surface area (Å²) in [7, 11) is 0. The molecule has 100 valence electrons. The molecule has 0 bridgehead atoms. The molecule has 0 N–H and O–H groups in total. The summed E-state index contributed by atoms with van der Waals surface area (Å²) in [5.74, 6) is 0. The van der Waals surface area contributed by atoms with E-state index in [0.29, 0.717) is 5.17 Å². The van der Waals surface area contributed by atoms with Crippen LogP contribution in [0, 0.1) is 0 Å². The van der Waals surface area contributed by atoms with Gasteiger partial charge in [-0.05, 0) is 5.56 Å². The van der Waals surface area contributed by atoms with Crippen molar-refractivity contribution in [3.8, 4) is 0 Å². The third-order valence-electron chi connectivity index (χ3n) is 2.64. The Morgan fingerprint density at radius 2 is 1.45 bits per heavy atom. The Balaban J connectivity index is 2.29. The van der Waals surface area contributed by atoms with E-state index in [1.165, 1.54) is 0 Å². The van der Waals surface area contributed by atoms with E-state index in [4.69, 9.17) is 23.2 Å². The van der Waals surface area contributed by atoms with Crippen molar-refractivity contribution in [3.63, 3.8) is 0 Å². The van der Waals surface area contributed by atoms with Gasteiger partial charge in [0.15, 0.2) is 10.3 Å². The molecule has 20 heavy (non-hydrogen) atoms. The van der Waals surface area contributed by atoms with E-state index in [1.54, 1.807) is 6.08 Å². The molecule has 2 aromatic rings. The Hall–Kier alpha value is -1.90. The predicted molar refractivity (Wildman–Crippen MR) is 87.8 cm³/mol. The van der Waals surface area contributed by atoms with Gasteiger partial charge in [0.05, 0.1) is 0 Å². The van der Waals surface area contributed by atoms with E-state index in [2.05, 4.69) is 16.8 Å². The molecular weight excluding hydrogens is 291 g/mol. The van der Waals surface area contributed by atoms with Crippen molar-refractivity contribution in [2.75, 3.05) is 0 Å². The lowest BCUT2D eigenvalue weighted by atomic mass is 10.1. The van der Waals surface area contributed by atoms with Crippen molar-refractivity contribution in [3.05, 3.63) is 77.9 Å². The molecule has 0 saturated heterocycles. The van der Waals surface area contributed by atoms with Gasteiger partial charge in [0.2, 0.25) is 0 Å². The van der Waals surface area contributed by atoms with Gasteiger partial charge in [-0.25, -0.2) is 0 Å². The van der Waals surface area contributed by atoms with Crippen LogP contribution in [0.2, 0.25) is 0 Å². The molecule has 0 heterocycles. The van der Waals surface area contributed by atoms with E-state index in [9.17, 15) is 0 Å². The monoisotopic (exact) mass is 302 g/mol. The molecule has 0 aromatic heterocycles. The molecule has 0 aliphatic carbocycles. The van der Waals surface area contributed by atoms with Crippen LogP contribution in [-0.4, -0.2) is 10.3 Å². The Morgan fingerprint density at radius 3 is 2.15 bits per heavy atom. The summed E-state index contributed by atoms with van der Waals surface area (Å²) < 4.78 is 0. The zero-order valence-electron chi connectivity index (χ0n) is 10.6. The lowest BCUT2D eigenvalue weighted by molar-refractivity contribution is 1.25. The standard InChI is InChI=1S/C16H12Cl2N2/c1-2-12-8-6-7-11-14(12)16(18)20-19-15(17)13-9-4-3-5-10-13/h2-11H,1H2/b19-15-,20-16-. The molecule has 0 amide bonds. The highest BCUT2D eigenvalue weighted by atomic mass is 35.5. The van der Waals surface area contributed by atoms with E-state index in [1.807, 2.05) is 54.6 Å². The first kappa shape index (κ1) is 14.5. The molecule has 0 fully saturated rings. The summed E-state index contributed by atoms with van der Waals surface area (Å²) in [6.45, 7) is 3.74. The molecule has 4 heteroatoms. The van der Waals surface area contributed by atoms with Crippen LogP contribution in [0.25, 0.3) is 6.08 Å². The van der Waals surface area contributed by atoms with E-state index in [-0.39, 0.29) is 5.17 Å². The van der Waals surface area contributed by atoms with Crippen LogP contribution in [0.5, 0.6) is 0 Å². The maximum Gasteiger partial charge on any atom is 0.159 e. The normalized spacial score (nSPS) is 12.3. The van der Waals surface area contributed by atoms with Crippen LogP contribution in [0.3, 0.4) is 0 Å². The van der Waals surface area contributed by atoms with Gasteiger partial charge in [0.25, 0.3) is 0 Å². The van der Waals surface area contributed by atoms with Crippen molar-refractivity contribution >= 4 is 39.6 Å². The van der Waals surface area contributed by atoms with Gasteiger partial charge in [-0.3, -0.25) is 0 Å². The average molecular weight is 303 g/mol. The minimum Gasteiger partial charge on any atom is -0.136 e. The van der Waals surface area contributed by atoms with Crippen molar-refractivity contribution < 1.29 is 0 Å². The Morgan fingerprint density at radius 1 is 0.850 bits per heavy atom. The van der Waals surface area contributed by atoms with Crippen molar-refractivity contribution in [1.82, 2.24) is 0 Å². The van der Waals surface area contributed by atoms with Gasteiger partial charge in [0, 0.05) is 11.1 Å². The topological polar surface area (TPSA) is 24.7 Å². The maximum atomic E-state index is 6.16. The summed E-state index contributed by atoms with van der Waals surface area (Å²) in [5.41, 5.74) is 2.46. The highest BCUT2D eigenvalue weighted by molar-refractivity contribution is 6.71. The fourth-order valence-electron chi connectivity index (χ4n) is 1.64. The summed E-state index contributed by atoms with van der Waals surface area (Å²) in [6.07, 6.45) is 1.72. The lowest BCUT2D eigenvalue weighted by Gasteiger charge is -2.02. The molecule has 0 atom stereocenters. The van der Waals surface area contributed by atoms with Gasteiger partial charge in [-0.1, -0.05) is 90.5 Å². The molecule has 0 aliphatic rings. The Labute approximate surface area is 128 Å². The van der Waals surface area contributed by atoms with E-state index < -0.39 is 0 Å². The number of benzene rings is 2. The van der Waals surface area contributed by atoms with Crippen molar-refractivity contribution in [2.45, 2.75) is 0 Å². The van der Waals surface area contributed by atoms with Crippen LogP contribution in [0.4, 0.5) is 0 Å². The summed E-state index contributed by atoms with van der Waals surface area (Å²) >= 11 is 12.2. The first-order valence-electron chi connectivity index (χ1n) is 5.96. The Kier molecular flexibility index (Phi) is 5.10. The van der Waals surface area contributed by atoms with Gasteiger partial charge in [0.1, 0.15) is 0 Å². The van der Waals surface area contributed by atoms with Crippen LogP contribution in [-0.2, 0) is 0 Å². The fraction of sp³-hybridized carbons (Fsp3) is 0. The van der Waals surface area contributed by atoms with Crippen LogP contribution in [0.15, 0.2) is 71.4 Å². The predicted octanol–water partition coefficient (Wildman–Crippen LogP) is 4.92. The highest BCUT2D eigenvalue weighted by Crippen LogP contribution is 2.14. The summed E-state index contributed by atoms with van der Waals surface area (Å²) in [6, 6.07) is 16.9. The zero-order valence-corrected chi connectivity index (χ0v) is 12.1. The number of rotatable bonds is 4. The number of hydrogen-bond donors (Lipinski definition) is 0. The highest BCUT2D eigenvalue weighted by Gasteiger charge is 2.04. The molecule has 2 aromatic carbocycles. The lowest BCUT2D eigenvalue weighted by Crippen LogP contribution is -1.95. The second kappa shape index (κ2) is 7.04. The quantitative estimate of drug-likeness (QED) is 0.566. The summed E-state index contributed by atoms with van der Waals surface area (Å²) in [5, 5.41) is 8.48. The minimum absolute atomic E-state index is 0.273. The van der Waals surface area contributed by atoms with Crippen molar-refractivity contribution in [2.24, 2.45) is 10.2 Å². The van der Waals surface area contributed by atoms with Gasteiger partial charge < -0.3 is 0 Å². The molecule has 0 unspecified atom stereocenters. The largest absolute Gasteiger partial charge is 0.159 e. The van der Waals surface area contributed by atoms with Gasteiger partial charge in [-0.15, -0.1) is 10.2 Å². The third kappa shape index (κ3) is 3.56. The summed E-state index contributed by atoms with van der Waals surface area (Å²) in [4.78, 5) is 0.